The molecule has 0 N–H and O–H groups in total. The Labute approximate surface area is 145 Å². The molecule has 5 nitrogen and oxygen atoms in total. The molecule has 126 valence electrons. The average molecular weight is 348 g/mol. The maximum atomic E-state index is 12.8. The van der Waals surface area contributed by atoms with Crippen molar-refractivity contribution in [2.24, 2.45) is 0 Å². The van der Waals surface area contributed by atoms with Crippen LogP contribution in [0.25, 0.3) is 11.3 Å². The van der Waals surface area contributed by atoms with Crippen LogP contribution in [0, 0.1) is 0 Å². The molecule has 2 fully saturated rings. The van der Waals surface area contributed by atoms with Gasteiger partial charge in [-0.05, 0) is 24.3 Å². The number of rotatable bonds is 2. The van der Waals surface area contributed by atoms with Crippen molar-refractivity contribution in [3.63, 3.8) is 0 Å². The topological polar surface area (TPSA) is 51.9 Å². The standard InChI is InChI=1S/C18H18ClNO4/c19-14-4-2-1-3-13(14)15-5-6-16(24-15)17(21)20-8-10-23-18(11-20)7-9-22-12-18/h1-6H,7-12H2. The minimum atomic E-state index is -0.355. The van der Waals surface area contributed by atoms with Crippen molar-refractivity contribution in [1.82, 2.24) is 4.90 Å². The Morgan fingerprint density at radius 2 is 2.04 bits per heavy atom. The molecule has 0 radical (unpaired) electrons. The van der Waals surface area contributed by atoms with Crippen molar-refractivity contribution in [3.05, 3.63) is 47.2 Å². The SMILES string of the molecule is O=C(c1ccc(-c2ccccc2Cl)o1)N1CCOC2(CCOC2)C1. The highest BCUT2D eigenvalue weighted by Crippen LogP contribution is 2.31. The first-order valence-corrected chi connectivity index (χ1v) is 8.40. The quantitative estimate of drug-likeness (QED) is 0.837. The Hall–Kier alpha value is -1.82. The Balaban J connectivity index is 1.54. The molecule has 1 amide bonds. The third-order valence-corrected chi connectivity index (χ3v) is 4.89. The zero-order valence-electron chi connectivity index (χ0n) is 13.2. The van der Waals surface area contributed by atoms with Gasteiger partial charge in [-0.3, -0.25) is 4.79 Å². The number of hydrogen-bond donors (Lipinski definition) is 0. The lowest BCUT2D eigenvalue weighted by molar-refractivity contribution is -0.0999. The van der Waals surface area contributed by atoms with Gasteiger partial charge in [0.1, 0.15) is 11.4 Å². The van der Waals surface area contributed by atoms with Gasteiger partial charge in [0.15, 0.2) is 5.76 Å². The minimum Gasteiger partial charge on any atom is -0.451 e. The first-order chi connectivity index (χ1) is 11.7. The monoisotopic (exact) mass is 347 g/mol. The zero-order chi connectivity index (χ0) is 16.6. The molecular formula is C18H18ClNO4. The summed E-state index contributed by atoms with van der Waals surface area (Å²) in [6.07, 6.45) is 0.819. The van der Waals surface area contributed by atoms with Gasteiger partial charge < -0.3 is 18.8 Å². The van der Waals surface area contributed by atoms with E-state index in [4.69, 9.17) is 25.5 Å². The number of amides is 1. The summed E-state index contributed by atoms with van der Waals surface area (Å²) >= 11 is 6.19. The van der Waals surface area contributed by atoms with E-state index in [2.05, 4.69) is 0 Å². The predicted octanol–water partition coefficient (Wildman–Crippen LogP) is 3.23. The van der Waals surface area contributed by atoms with E-state index in [0.717, 1.165) is 12.0 Å². The van der Waals surface area contributed by atoms with Crippen molar-refractivity contribution in [2.75, 3.05) is 32.9 Å². The number of benzene rings is 1. The maximum absolute atomic E-state index is 12.8. The van der Waals surface area contributed by atoms with Crippen LogP contribution in [-0.2, 0) is 9.47 Å². The molecule has 1 atom stereocenters. The van der Waals surface area contributed by atoms with Crippen LogP contribution in [0.4, 0.5) is 0 Å². The maximum Gasteiger partial charge on any atom is 0.289 e. The highest BCUT2D eigenvalue weighted by molar-refractivity contribution is 6.33. The van der Waals surface area contributed by atoms with E-state index in [1.807, 2.05) is 18.2 Å². The van der Waals surface area contributed by atoms with Gasteiger partial charge in [-0.1, -0.05) is 23.7 Å². The molecule has 1 spiro atoms. The van der Waals surface area contributed by atoms with Crippen LogP contribution in [-0.4, -0.2) is 49.3 Å². The van der Waals surface area contributed by atoms with Crippen LogP contribution in [0.3, 0.4) is 0 Å². The highest BCUT2D eigenvalue weighted by Gasteiger charge is 2.42. The van der Waals surface area contributed by atoms with Crippen molar-refractivity contribution in [1.29, 1.82) is 0 Å². The molecular weight excluding hydrogens is 330 g/mol. The van der Waals surface area contributed by atoms with Gasteiger partial charge in [-0.15, -0.1) is 0 Å². The molecule has 0 bridgehead atoms. The van der Waals surface area contributed by atoms with Gasteiger partial charge in [0.25, 0.3) is 5.91 Å². The van der Waals surface area contributed by atoms with Gasteiger partial charge in [-0.2, -0.15) is 0 Å². The third kappa shape index (κ3) is 2.83. The van der Waals surface area contributed by atoms with Crippen molar-refractivity contribution in [3.8, 4) is 11.3 Å². The smallest absolute Gasteiger partial charge is 0.289 e. The summed E-state index contributed by atoms with van der Waals surface area (Å²) in [5, 5.41) is 0.597. The number of hydrogen-bond acceptors (Lipinski definition) is 4. The van der Waals surface area contributed by atoms with Crippen LogP contribution >= 0.6 is 11.6 Å². The summed E-state index contributed by atoms with van der Waals surface area (Å²) in [5.41, 5.74) is 0.423. The second-order valence-corrected chi connectivity index (χ2v) is 6.61. The van der Waals surface area contributed by atoms with E-state index >= 15 is 0 Å². The van der Waals surface area contributed by atoms with Crippen LogP contribution in [0.5, 0.6) is 0 Å². The highest BCUT2D eigenvalue weighted by atomic mass is 35.5. The summed E-state index contributed by atoms with van der Waals surface area (Å²) < 4.78 is 17.1. The van der Waals surface area contributed by atoms with Gasteiger partial charge in [0, 0.05) is 25.1 Å². The first kappa shape index (κ1) is 15.7. The molecule has 2 aliphatic rings. The van der Waals surface area contributed by atoms with Gasteiger partial charge in [-0.25, -0.2) is 0 Å². The Morgan fingerprint density at radius 1 is 1.17 bits per heavy atom. The molecule has 2 aliphatic heterocycles. The van der Waals surface area contributed by atoms with E-state index in [1.165, 1.54) is 0 Å². The normalized spacial score (nSPS) is 23.8. The van der Waals surface area contributed by atoms with E-state index in [9.17, 15) is 4.79 Å². The predicted molar refractivity (Wildman–Crippen MR) is 89.2 cm³/mol. The lowest BCUT2D eigenvalue weighted by atomic mass is 10.0. The van der Waals surface area contributed by atoms with E-state index in [1.54, 1.807) is 23.1 Å². The Kier molecular flexibility index (Phi) is 4.08. The van der Waals surface area contributed by atoms with Gasteiger partial charge >= 0.3 is 0 Å². The van der Waals surface area contributed by atoms with Crippen LogP contribution in [0.15, 0.2) is 40.8 Å². The molecule has 2 saturated heterocycles. The fourth-order valence-corrected chi connectivity index (χ4v) is 3.49. The Morgan fingerprint density at radius 3 is 2.83 bits per heavy atom. The lowest BCUT2D eigenvalue weighted by Crippen LogP contribution is -2.54. The third-order valence-electron chi connectivity index (χ3n) is 4.56. The molecule has 6 heteroatoms. The minimum absolute atomic E-state index is 0.122. The van der Waals surface area contributed by atoms with Crippen molar-refractivity contribution >= 4 is 17.5 Å². The molecule has 3 heterocycles. The molecule has 0 saturated carbocycles. The number of carbonyl (C=O) groups is 1. The number of nitrogens with zero attached hydrogens (tertiary/aromatic N) is 1. The second kappa shape index (κ2) is 6.24. The van der Waals surface area contributed by atoms with E-state index in [0.29, 0.717) is 49.5 Å². The van der Waals surface area contributed by atoms with Gasteiger partial charge in [0.05, 0.1) is 24.8 Å². The van der Waals surface area contributed by atoms with Gasteiger partial charge in [0.2, 0.25) is 0 Å². The number of furan rings is 1. The number of halogens is 1. The second-order valence-electron chi connectivity index (χ2n) is 6.20. The van der Waals surface area contributed by atoms with Crippen molar-refractivity contribution < 1.29 is 18.7 Å². The van der Waals surface area contributed by atoms with Crippen LogP contribution < -0.4 is 0 Å². The number of morpholine rings is 1. The summed E-state index contributed by atoms with van der Waals surface area (Å²) in [4.78, 5) is 14.6. The largest absolute Gasteiger partial charge is 0.451 e. The molecule has 1 aromatic heterocycles. The molecule has 1 aromatic carbocycles. The fourth-order valence-electron chi connectivity index (χ4n) is 3.26. The average Bonchev–Trinajstić information content (AvgIpc) is 3.25. The molecule has 1 unspecified atom stereocenters. The molecule has 4 rings (SSSR count). The first-order valence-electron chi connectivity index (χ1n) is 8.03. The zero-order valence-corrected chi connectivity index (χ0v) is 13.9. The molecule has 24 heavy (non-hydrogen) atoms. The number of ether oxygens (including phenoxy) is 2. The van der Waals surface area contributed by atoms with Crippen molar-refractivity contribution in [2.45, 2.75) is 12.0 Å². The van der Waals surface area contributed by atoms with E-state index in [-0.39, 0.29) is 11.5 Å². The molecule has 0 aliphatic carbocycles. The van der Waals surface area contributed by atoms with Crippen LogP contribution in [0.2, 0.25) is 5.02 Å². The molecule has 2 aromatic rings. The summed E-state index contributed by atoms with van der Waals surface area (Å²) in [6.45, 7) is 2.84. The van der Waals surface area contributed by atoms with E-state index < -0.39 is 0 Å². The summed E-state index contributed by atoms with van der Waals surface area (Å²) in [5.74, 6) is 0.792. The lowest BCUT2D eigenvalue weighted by Gasteiger charge is -2.39. The summed E-state index contributed by atoms with van der Waals surface area (Å²) in [7, 11) is 0. The Bertz CT molecular complexity index is 751. The number of carbonyl (C=O) groups excluding carboxylic acids is 1. The summed E-state index contributed by atoms with van der Waals surface area (Å²) in [6, 6.07) is 10.9. The van der Waals surface area contributed by atoms with Crippen LogP contribution in [0.1, 0.15) is 17.0 Å². The fraction of sp³-hybridized carbons (Fsp3) is 0.389.